The Morgan fingerprint density at radius 3 is 2.54 bits per heavy atom. The van der Waals surface area contributed by atoms with Crippen molar-refractivity contribution in [2.75, 3.05) is 5.73 Å². The zero-order valence-electron chi connectivity index (χ0n) is 8.59. The maximum atomic E-state index is 6.04. The number of hydrogen-bond donors (Lipinski definition) is 1. The molecule has 0 amide bonds. The molecule has 3 nitrogen and oxygen atoms in total. The molecular formula is C10H17N3. The Labute approximate surface area is 78.9 Å². The van der Waals surface area contributed by atoms with Gasteiger partial charge in [-0.2, -0.15) is 5.10 Å². The average molecular weight is 179 g/mol. The van der Waals surface area contributed by atoms with Crippen LogP contribution in [0.5, 0.6) is 0 Å². The fourth-order valence-electron chi connectivity index (χ4n) is 1.93. The van der Waals surface area contributed by atoms with Crippen LogP contribution in [-0.4, -0.2) is 9.78 Å². The number of anilines is 1. The van der Waals surface area contributed by atoms with Crippen LogP contribution in [0.25, 0.3) is 0 Å². The van der Waals surface area contributed by atoms with Gasteiger partial charge < -0.3 is 5.73 Å². The average Bonchev–Trinajstić information content (AvgIpc) is 2.51. The van der Waals surface area contributed by atoms with Crippen molar-refractivity contribution in [1.29, 1.82) is 0 Å². The molecule has 0 fully saturated rings. The van der Waals surface area contributed by atoms with Crippen LogP contribution in [0.15, 0.2) is 0 Å². The minimum absolute atomic E-state index is 0.00836. The van der Waals surface area contributed by atoms with Gasteiger partial charge in [-0.05, 0) is 40.0 Å². The number of nitrogens with zero attached hydrogens (tertiary/aromatic N) is 2. The summed E-state index contributed by atoms with van der Waals surface area (Å²) < 4.78 is 1.96. The smallest absolute Gasteiger partial charge is 0.125 e. The molecule has 0 unspecified atom stereocenters. The van der Waals surface area contributed by atoms with Gasteiger partial charge in [0.15, 0.2) is 0 Å². The van der Waals surface area contributed by atoms with Gasteiger partial charge in [0.05, 0.1) is 11.2 Å². The third-order valence-corrected chi connectivity index (χ3v) is 2.58. The van der Waals surface area contributed by atoms with Gasteiger partial charge in [-0.3, -0.25) is 0 Å². The Morgan fingerprint density at radius 1 is 1.31 bits per heavy atom. The summed E-state index contributed by atoms with van der Waals surface area (Å²) >= 11 is 0. The summed E-state index contributed by atoms with van der Waals surface area (Å²) in [6, 6.07) is 0. The molecule has 72 valence electrons. The van der Waals surface area contributed by atoms with Crippen molar-refractivity contribution in [2.45, 2.75) is 45.6 Å². The number of fused-ring (bicyclic) bond motifs is 1. The molecule has 1 aliphatic rings. The molecule has 0 saturated carbocycles. The molecule has 1 heterocycles. The highest BCUT2D eigenvalue weighted by Crippen LogP contribution is 2.30. The van der Waals surface area contributed by atoms with Crippen LogP contribution in [0.2, 0.25) is 0 Å². The summed E-state index contributed by atoms with van der Waals surface area (Å²) in [7, 11) is 0. The topological polar surface area (TPSA) is 43.8 Å². The first-order chi connectivity index (χ1) is 6.00. The van der Waals surface area contributed by atoms with Crippen LogP contribution in [-0.2, 0) is 18.4 Å². The molecule has 0 saturated heterocycles. The SMILES string of the molecule is CC(C)(C)n1nc2c(c1N)CCC2. The first-order valence-corrected chi connectivity index (χ1v) is 4.87. The fourth-order valence-corrected chi connectivity index (χ4v) is 1.93. The maximum Gasteiger partial charge on any atom is 0.125 e. The quantitative estimate of drug-likeness (QED) is 0.659. The highest BCUT2D eigenvalue weighted by molar-refractivity contribution is 5.46. The van der Waals surface area contributed by atoms with Crippen LogP contribution in [0.1, 0.15) is 38.4 Å². The lowest BCUT2D eigenvalue weighted by Crippen LogP contribution is -2.25. The summed E-state index contributed by atoms with van der Waals surface area (Å²) in [6.45, 7) is 6.39. The molecule has 0 spiro atoms. The Balaban J connectivity index is 2.51. The predicted molar refractivity (Wildman–Crippen MR) is 53.7 cm³/mol. The fraction of sp³-hybridized carbons (Fsp3) is 0.700. The van der Waals surface area contributed by atoms with Crippen molar-refractivity contribution in [3.8, 4) is 0 Å². The largest absolute Gasteiger partial charge is 0.384 e. The minimum atomic E-state index is 0.00836. The van der Waals surface area contributed by atoms with E-state index in [1.54, 1.807) is 0 Å². The second kappa shape index (κ2) is 2.50. The molecule has 1 aromatic heterocycles. The van der Waals surface area contributed by atoms with Crippen LogP contribution < -0.4 is 5.73 Å². The number of nitrogens with two attached hydrogens (primary N) is 1. The molecule has 1 aliphatic carbocycles. The second-order valence-corrected chi connectivity index (χ2v) is 4.75. The number of hydrogen-bond acceptors (Lipinski definition) is 2. The summed E-state index contributed by atoms with van der Waals surface area (Å²) in [5.41, 5.74) is 8.55. The molecule has 0 aromatic carbocycles. The summed E-state index contributed by atoms with van der Waals surface area (Å²) in [5.74, 6) is 0.875. The molecule has 2 rings (SSSR count). The van der Waals surface area contributed by atoms with E-state index in [9.17, 15) is 0 Å². The van der Waals surface area contributed by atoms with Gasteiger partial charge in [-0.25, -0.2) is 4.68 Å². The van der Waals surface area contributed by atoms with Gasteiger partial charge in [0.25, 0.3) is 0 Å². The minimum Gasteiger partial charge on any atom is -0.384 e. The molecule has 0 bridgehead atoms. The van der Waals surface area contributed by atoms with E-state index in [2.05, 4.69) is 25.9 Å². The monoisotopic (exact) mass is 179 g/mol. The molecule has 0 aliphatic heterocycles. The van der Waals surface area contributed by atoms with Gasteiger partial charge in [0, 0.05) is 5.56 Å². The van der Waals surface area contributed by atoms with Gasteiger partial charge in [0.1, 0.15) is 5.82 Å². The highest BCUT2D eigenvalue weighted by Gasteiger charge is 2.25. The van der Waals surface area contributed by atoms with E-state index >= 15 is 0 Å². The molecule has 2 N–H and O–H groups in total. The van der Waals surface area contributed by atoms with E-state index in [1.807, 2.05) is 4.68 Å². The van der Waals surface area contributed by atoms with Crippen LogP contribution >= 0.6 is 0 Å². The van der Waals surface area contributed by atoms with Gasteiger partial charge >= 0.3 is 0 Å². The number of aryl methyl sites for hydroxylation is 1. The normalized spacial score (nSPS) is 16.2. The molecule has 1 aromatic rings. The number of aromatic nitrogens is 2. The van der Waals surface area contributed by atoms with Crippen molar-refractivity contribution >= 4 is 5.82 Å². The van der Waals surface area contributed by atoms with Crippen LogP contribution in [0.3, 0.4) is 0 Å². The van der Waals surface area contributed by atoms with E-state index in [1.165, 1.54) is 17.7 Å². The predicted octanol–water partition coefficient (Wildman–Crippen LogP) is 1.71. The lowest BCUT2D eigenvalue weighted by molar-refractivity contribution is 0.358. The number of rotatable bonds is 0. The van der Waals surface area contributed by atoms with E-state index in [-0.39, 0.29) is 5.54 Å². The molecule has 3 heteroatoms. The van der Waals surface area contributed by atoms with Crippen LogP contribution in [0.4, 0.5) is 5.82 Å². The first-order valence-electron chi connectivity index (χ1n) is 4.87. The zero-order valence-corrected chi connectivity index (χ0v) is 8.59. The van der Waals surface area contributed by atoms with Crippen molar-refractivity contribution in [2.24, 2.45) is 0 Å². The Kier molecular flexibility index (Phi) is 1.65. The summed E-state index contributed by atoms with van der Waals surface area (Å²) in [6.07, 6.45) is 3.42. The van der Waals surface area contributed by atoms with Crippen molar-refractivity contribution < 1.29 is 0 Å². The number of nitrogen functional groups attached to an aromatic ring is 1. The zero-order chi connectivity index (χ0) is 9.64. The van der Waals surface area contributed by atoms with E-state index in [0.29, 0.717) is 0 Å². The highest BCUT2D eigenvalue weighted by atomic mass is 15.3. The lowest BCUT2D eigenvalue weighted by atomic mass is 10.1. The second-order valence-electron chi connectivity index (χ2n) is 4.75. The third-order valence-electron chi connectivity index (χ3n) is 2.58. The summed E-state index contributed by atoms with van der Waals surface area (Å²) in [4.78, 5) is 0. The molecule has 0 radical (unpaired) electrons. The third kappa shape index (κ3) is 1.23. The van der Waals surface area contributed by atoms with Gasteiger partial charge in [-0.15, -0.1) is 0 Å². The van der Waals surface area contributed by atoms with Gasteiger partial charge in [-0.1, -0.05) is 0 Å². The van der Waals surface area contributed by atoms with Gasteiger partial charge in [0.2, 0.25) is 0 Å². The Hall–Kier alpha value is -0.990. The van der Waals surface area contributed by atoms with Crippen molar-refractivity contribution in [1.82, 2.24) is 9.78 Å². The molecule has 0 atom stereocenters. The molecule has 13 heavy (non-hydrogen) atoms. The summed E-state index contributed by atoms with van der Waals surface area (Å²) in [5, 5.41) is 4.55. The van der Waals surface area contributed by atoms with E-state index in [4.69, 9.17) is 5.73 Å². The lowest BCUT2D eigenvalue weighted by Gasteiger charge is -2.21. The maximum absolute atomic E-state index is 6.04. The standard InChI is InChI=1S/C10H17N3/c1-10(2,3)13-9(11)7-5-4-6-8(7)12-13/h4-6,11H2,1-3H3. The Bertz CT molecular complexity index is 331. The van der Waals surface area contributed by atoms with Crippen molar-refractivity contribution in [3.05, 3.63) is 11.3 Å². The van der Waals surface area contributed by atoms with Crippen LogP contribution in [0, 0.1) is 0 Å². The van der Waals surface area contributed by atoms with E-state index < -0.39 is 0 Å². The van der Waals surface area contributed by atoms with Crippen molar-refractivity contribution in [3.63, 3.8) is 0 Å². The molecular weight excluding hydrogens is 162 g/mol. The Morgan fingerprint density at radius 2 is 2.00 bits per heavy atom. The first kappa shape index (κ1) is 8.60. The van der Waals surface area contributed by atoms with E-state index in [0.717, 1.165) is 18.7 Å².